The number of carboxylic acid groups (broad SMARTS) is 1. The van der Waals surface area contributed by atoms with Crippen LogP contribution in [0.2, 0.25) is 0 Å². The number of likely N-dealkylation sites (tertiary alicyclic amines) is 1. The normalized spacial score (nSPS) is 14.8. The smallest absolute Gasteiger partial charge is 0.407 e. The van der Waals surface area contributed by atoms with E-state index in [9.17, 15) is 9.90 Å². The number of pyridine rings is 1. The van der Waals surface area contributed by atoms with Gasteiger partial charge < -0.3 is 29.5 Å². The Kier molecular flexibility index (Phi) is 8.26. The maximum Gasteiger partial charge on any atom is 0.407 e. The van der Waals surface area contributed by atoms with Crippen molar-refractivity contribution in [1.82, 2.24) is 19.7 Å². The Morgan fingerprint density at radius 2 is 1.60 bits per heavy atom. The van der Waals surface area contributed by atoms with Gasteiger partial charge in [-0.05, 0) is 73.4 Å². The van der Waals surface area contributed by atoms with Crippen LogP contribution in [0.15, 0.2) is 91.1 Å². The van der Waals surface area contributed by atoms with Crippen LogP contribution in [0.1, 0.15) is 24.8 Å². The fraction of sp³-hybridized carbons (Fsp3) is 0.242. The fourth-order valence-electron chi connectivity index (χ4n) is 5.30. The van der Waals surface area contributed by atoms with Crippen molar-refractivity contribution in [1.29, 1.82) is 0 Å². The molecule has 0 saturated carbocycles. The zero-order valence-electron chi connectivity index (χ0n) is 23.8. The molecular formula is C33H33N5O5. The van der Waals surface area contributed by atoms with E-state index in [0.29, 0.717) is 48.3 Å². The third-order valence-corrected chi connectivity index (χ3v) is 7.49. The van der Waals surface area contributed by atoms with Crippen LogP contribution in [0.4, 0.5) is 10.6 Å². The Morgan fingerprint density at radius 3 is 2.33 bits per heavy atom. The molecule has 10 heteroatoms. The molecule has 2 N–H and O–H groups in total. The molecule has 2 aromatic heterocycles. The van der Waals surface area contributed by atoms with Gasteiger partial charge in [-0.15, -0.1) is 0 Å². The first kappa shape index (κ1) is 27.9. The highest BCUT2D eigenvalue weighted by Crippen LogP contribution is 2.35. The molecular weight excluding hydrogens is 546 g/mol. The fourth-order valence-corrected chi connectivity index (χ4v) is 5.30. The van der Waals surface area contributed by atoms with Crippen molar-refractivity contribution in [2.45, 2.75) is 31.8 Å². The highest BCUT2D eigenvalue weighted by atomic mass is 16.5. The first-order chi connectivity index (χ1) is 21.1. The van der Waals surface area contributed by atoms with E-state index in [0.717, 1.165) is 41.7 Å². The summed E-state index contributed by atoms with van der Waals surface area (Å²) in [6.45, 7) is 1.45. The van der Waals surface area contributed by atoms with Gasteiger partial charge in [0.2, 0.25) is 0 Å². The van der Waals surface area contributed by atoms with Crippen molar-refractivity contribution < 1.29 is 24.1 Å². The van der Waals surface area contributed by atoms with Gasteiger partial charge in [0.1, 0.15) is 34.1 Å². The van der Waals surface area contributed by atoms with E-state index >= 15 is 0 Å². The van der Waals surface area contributed by atoms with Crippen molar-refractivity contribution in [2.75, 3.05) is 25.5 Å². The molecule has 1 aliphatic rings. The van der Waals surface area contributed by atoms with E-state index in [-0.39, 0.29) is 6.04 Å². The average Bonchev–Trinajstić information content (AvgIpc) is 3.40. The van der Waals surface area contributed by atoms with E-state index in [2.05, 4.69) is 10.3 Å². The lowest BCUT2D eigenvalue weighted by molar-refractivity contribution is 0.110. The summed E-state index contributed by atoms with van der Waals surface area (Å²) in [5, 5.41) is 18.8. The lowest BCUT2D eigenvalue weighted by atomic mass is 10.0. The summed E-state index contributed by atoms with van der Waals surface area (Å²) in [5.41, 5.74) is 1.68. The number of ether oxygens (including phenoxy) is 3. The number of methoxy groups -OCH3 is 1. The molecule has 1 saturated heterocycles. The average molecular weight is 580 g/mol. The lowest BCUT2D eigenvalue weighted by Gasteiger charge is -2.33. The van der Waals surface area contributed by atoms with E-state index < -0.39 is 6.09 Å². The number of rotatable bonds is 10. The van der Waals surface area contributed by atoms with E-state index in [1.54, 1.807) is 13.3 Å². The second-order valence-electron chi connectivity index (χ2n) is 10.4. The maximum absolute atomic E-state index is 11.9. The summed E-state index contributed by atoms with van der Waals surface area (Å²) in [5.74, 6) is 4.04. The minimum atomic E-state index is -0.897. The topological polar surface area (TPSA) is 111 Å². The number of nitrogens with zero attached hydrogens (tertiary/aromatic N) is 4. The van der Waals surface area contributed by atoms with Gasteiger partial charge in [0.05, 0.1) is 19.7 Å². The number of anilines is 1. The van der Waals surface area contributed by atoms with Gasteiger partial charge in [-0.3, -0.25) is 0 Å². The molecule has 1 unspecified atom stereocenters. The number of hydrogen-bond donors (Lipinski definition) is 2. The van der Waals surface area contributed by atoms with Crippen LogP contribution in [0, 0.1) is 0 Å². The van der Waals surface area contributed by atoms with Gasteiger partial charge >= 0.3 is 6.09 Å². The predicted molar refractivity (Wildman–Crippen MR) is 164 cm³/mol. The van der Waals surface area contributed by atoms with Crippen LogP contribution >= 0.6 is 0 Å². The Morgan fingerprint density at radius 1 is 0.907 bits per heavy atom. The standard InChI is InChI=1S/C33H33N5O5/c1-41-25-12-10-23(11-13-25)22-38-32-30(31(36-38)35-21-24-7-5-6-20-37(24)33(39)40)29(18-19-34-32)43-28-16-14-27(15-17-28)42-26-8-3-2-4-9-26/h2-4,8-19,24H,5-7,20-22H2,1H3,(H,35,36)(H,39,40). The highest BCUT2D eigenvalue weighted by molar-refractivity contribution is 5.93. The molecule has 3 heterocycles. The Bertz CT molecular complexity index is 1670. The quantitative estimate of drug-likeness (QED) is 0.182. The molecule has 3 aromatic carbocycles. The molecule has 0 radical (unpaired) electrons. The van der Waals surface area contributed by atoms with Crippen LogP contribution in [0.3, 0.4) is 0 Å². The Hall–Kier alpha value is -5.25. The van der Waals surface area contributed by atoms with Gasteiger partial charge in [-0.25, -0.2) is 14.5 Å². The molecule has 0 aliphatic carbocycles. The SMILES string of the molecule is COc1ccc(Cn2nc(NCC3CCCCN3C(=O)O)c3c(Oc4ccc(Oc5ccccc5)cc4)ccnc32)cc1. The van der Waals surface area contributed by atoms with Crippen LogP contribution in [0.25, 0.3) is 11.0 Å². The lowest BCUT2D eigenvalue weighted by Crippen LogP contribution is -2.46. The number of amides is 1. The zero-order valence-corrected chi connectivity index (χ0v) is 23.8. The molecule has 43 heavy (non-hydrogen) atoms. The van der Waals surface area contributed by atoms with Gasteiger partial charge in [-0.1, -0.05) is 30.3 Å². The van der Waals surface area contributed by atoms with Crippen molar-refractivity contribution in [3.05, 3.63) is 96.7 Å². The predicted octanol–water partition coefficient (Wildman–Crippen LogP) is 7.02. The minimum absolute atomic E-state index is 0.147. The van der Waals surface area contributed by atoms with E-state index in [4.69, 9.17) is 19.3 Å². The monoisotopic (exact) mass is 579 g/mol. The largest absolute Gasteiger partial charge is 0.497 e. The number of hydrogen-bond acceptors (Lipinski definition) is 7. The second-order valence-corrected chi connectivity index (χ2v) is 10.4. The first-order valence-electron chi connectivity index (χ1n) is 14.3. The van der Waals surface area contributed by atoms with Crippen molar-refractivity contribution >= 4 is 22.9 Å². The molecule has 1 fully saturated rings. The number of fused-ring (bicyclic) bond motifs is 1. The van der Waals surface area contributed by atoms with Gasteiger partial charge in [0.15, 0.2) is 11.5 Å². The third kappa shape index (κ3) is 6.48. The van der Waals surface area contributed by atoms with Crippen molar-refractivity contribution in [3.63, 3.8) is 0 Å². The molecule has 0 spiro atoms. The van der Waals surface area contributed by atoms with Gasteiger partial charge in [-0.2, -0.15) is 5.10 Å². The number of benzene rings is 3. The summed E-state index contributed by atoms with van der Waals surface area (Å²) < 4.78 is 19.4. The molecule has 220 valence electrons. The zero-order chi connectivity index (χ0) is 29.6. The number of carbonyl (C=O) groups is 1. The van der Waals surface area contributed by atoms with Gasteiger partial charge in [0, 0.05) is 25.4 Å². The van der Waals surface area contributed by atoms with Crippen LogP contribution in [-0.2, 0) is 6.54 Å². The molecule has 1 amide bonds. The minimum Gasteiger partial charge on any atom is -0.497 e. The summed E-state index contributed by atoms with van der Waals surface area (Å²) >= 11 is 0. The summed E-state index contributed by atoms with van der Waals surface area (Å²) in [6.07, 6.45) is 3.46. The summed E-state index contributed by atoms with van der Waals surface area (Å²) in [7, 11) is 1.64. The molecule has 6 rings (SSSR count). The van der Waals surface area contributed by atoms with Crippen LogP contribution in [-0.4, -0.2) is 57.1 Å². The molecule has 1 aliphatic heterocycles. The number of para-hydroxylation sites is 1. The maximum atomic E-state index is 11.9. The third-order valence-electron chi connectivity index (χ3n) is 7.49. The summed E-state index contributed by atoms with van der Waals surface area (Å²) in [6, 6.07) is 26.5. The van der Waals surface area contributed by atoms with E-state index in [1.807, 2.05) is 89.6 Å². The van der Waals surface area contributed by atoms with E-state index in [1.165, 1.54) is 4.90 Å². The number of aromatic nitrogens is 3. The van der Waals surface area contributed by atoms with Crippen LogP contribution in [0.5, 0.6) is 28.7 Å². The van der Waals surface area contributed by atoms with Crippen LogP contribution < -0.4 is 19.5 Å². The Balaban J connectivity index is 1.29. The van der Waals surface area contributed by atoms with Gasteiger partial charge in [0.25, 0.3) is 0 Å². The van der Waals surface area contributed by atoms with Crippen molar-refractivity contribution in [3.8, 4) is 28.7 Å². The Labute approximate surface area is 249 Å². The molecule has 5 aromatic rings. The molecule has 10 nitrogen and oxygen atoms in total. The highest BCUT2D eigenvalue weighted by Gasteiger charge is 2.27. The second kappa shape index (κ2) is 12.7. The number of piperidine rings is 1. The first-order valence-corrected chi connectivity index (χ1v) is 14.3. The molecule has 1 atom stereocenters. The van der Waals surface area contributed by atoms with Crippen molar-refractivity contribution in [2.24, 2.45) is 0 Å². The summed E-state index contributed by atoms with van der Waals surface area (Å²) in [4.78, 5) is 18.0. The molecule has 0 bridgehead atoms. The number of nitrogens with one attached hydrogen (secondary N) is 1.